The topological polar surface area (TPSA) is 89.0 Å². The summed E-state index contributed by atoms with van der Waals surface area (Å²) in [6.45, 7) is 7.80. The zero-order valence-electron chi connectivity index (χ0n) is 20.4. The van der Waals surface area contributed by atoms with E-state index >= 15 is 0 Å². The van der Waals surface area contributed by atoms with Gasteiger partial charge in [0, 0.05) is 79.0 Å². The second-order valence-electron chi connectivity index (χ2n) is 8.88. The molecule has 1 aliphatic heterocycles. The van der Waals surface area contributed by atoms with Crippen LogP contribution in [-0.4, -0.2) is 54.2 Å². The van der Waals surface area contributed by atoms with Gasteiger partial charge in [-0.25, -0.2) is 0 Å². The van der Waals surface area contributed by atoms with Gasteiger partial charge in [-0.15, -0.1) is 0 Å². The van der Waals surface area contributed by atoms with Crippen molar-refractivity contribution in [3.8, 4) is 11.8 Å². The lowest BCUT2D eigenvalue weighted by molar-refractivity contribution is 0.191. The van der Waals surface area contributed by atoms with Crippen molar-refractivity contribution in [1.29, 1.82) is 5.26 Å². The molecule has 7 heteroatoms. The highest BCUT2D eigenvalue weighted by molar-refractivity contribution is 5.90. The van der Waals surface area contributed by atoms with Crippen molar-refractivity contribution in [2.45, 2.75) is 6.92 Å². The maximum atomic E-state index is 9.78. The van der Waals surface area contributed by atoms with E-state index in [4.69, 9.17) is 4.74 Å². The van der Waals surface area contributed by atoms with Gasteiger partial charge in [-0.1, -0.05) is 30.4 Å². The number of aromatic nitrogens is 2. The molecular formula is C29H30N6O. The number of hydrogen-bond donors (Lipinski definition) is 3. The summed E-state index contributed by atoms with van der Waals surface area (Å²) in [7, 11) is 0. The van der Waals surface area contributed by atoms with E-state index in [1.807, 2.05) is 54.7 Å². The number of benzene rings is 2. The molecule has 4 aromatic rings. The Morgan fingerprint density at radius 1 is 1.08 bits per heavy atom. The summed E-state index contributed by atoms with van der Waals surface area (Å²) in [6.07, 6.45) is 9.31. The van der Waals surface area contributed by atoms with Gasteiger partial charge in [0.1, 0.15) is 18.4 Å². The predicted molar refractivity (Wildman–Crippen MR) is 145 cm³/mol. The van der Waals surface area contributed by atoms with E-state index in [2.05, 4.69) is 44.6 Å². The molecule has 2 aromatic heterocycles. The van der Waals surface area contributed by atoms with Gasteiger partial charge in [0.25, 0.3) is 0 Å². The van der Waals surface area contributed by atoms with Crippen LogP contribution in [-0.2, 0) is 0 Å². The third-order valence-electron chi connectivity index (χ3n) is 6.60. The molecule has 0 aliphatic carbocycles. The highest BCUT2D eigenvalue weighted by Crippen LogP contribution is 2.31. The second kappa shape index (κ2) is 11.1. The van der Waals surface area contributed by atoms with Crippen LogP contribution in [0, 0.1) is 18.3 Å². The first-order valence-corrected chi connectivity index (χ1v) is 12.3. The minimum Gasteiger partial charge on any atom is -0.492 e. The number of anilines is 2. The average Bonchev–Trinajstić information content (AvgIpc) is 3.40. The fourth-order valence-electron chi connectivity index (χ4n) is 4.53. The van der Waals surface area contributed by atoms with Gasteiger partial charge in [0.05, 0.1) is 11.3 Å². The van der Waals surface area contributed by atoms with Crippen molar-refractivity contribution in [3.05, 3.63) is 83.3 Å². The standard InChI is InChI=1S/C29H30N6O/c1-21-25-10-11-33-27(25)9-8-26(21)34-29-23(19-32-20-24(29)18-30)7-6-22-4-2-3-5-28(22)36-17-16-35-14-12-31-13-15-35/h2-11,19-20,31,33H,12-17H2,1H3,(H,32,34). The summed E-state index contributed by atoms with van der Waals surface area (Å²) in [5.41, 5.74) is 6.20. The Labute approximate surface area is 211 Å². The number of fused-ring (bicyclic) bond motifs is 1. The quantitative estimate of drug-likeness (QED) is 0.332. The Morgan fingerprint density at radius 2 is 1.92 bits per heavy atom. The van der Waals surface area contributed by atoms with Crippen molar-refractivity contribution in [3.63, 3.8) is 0 Å². The van der Waals surface area contributed by atoms with E-state index < -0.39 is 0 Å². The molecule has 0 amide bonds. The summed E-state index contributed by atoms with van der Waals surface area (Å²) < 4.78 is 6.15. The first kappa shape index (κ1) is 23.6. The van der Waals surface area contributed by atoms with Crippen LogP contribution in [0.15, 0.2) is 61.1 Å². The minimum absolute atomic E-state index is 0.492. The monoisotopic (exact) mass is 478 g/mol. The van der Waals surface area contributed by atoms with Gasteiger partial charge in [-0.05, 0) is 36.8 Å². The normalized spacial score (nSPS) is 14.2. The van der Waals surface area contributed by atoms with Crippen LogP contribution in [0.5, 0.6) is 5.75 Å². The van der Waals surface area contributed by atoms with Gasteiger partial charge in [0.2, 0.25) is 0 Å². The van der Waals surface area contributed by atoms with Crippen LogP contribution < -0.4 is 15.4 Å². The Balaban J connectivity index is 1.37. The van der Waals surface area contributed by atoms with Crippen molar-refractivity contribution >= 4 is 34.4 Å². The summed E-state index contributed by atoms with van der Waals surface area (Å²) in [5, 5.41) is 17.8. The number of hydrogen-bond acceptors (Lipinski definition) is 6. The lowest BCUT2D eigenvalue weighted by atomic mass is 10.1. The Morgan fingerprint density at radius 3 is 2.78 bits per heavy atom. The molecule has 0 bridgehead atoms. The van der Waals surface area contributed by atoms with Crippen molar-refractivity contribution < 1.29 is 4.74 Å². The molecule has 0 radical (unpaired) electrons. The van der Waals surface area contributed by atoms with E-state index in [0.29, 0.717) is 12.2 Å². The number of ether oxygens (including phenoxy) is 1. The molecule has 7 nitrogen and oxygen atoms in total. The lowest BCUT2D eigenvalue weighted by Gasteiger charge is -2.27. The highest BCUT2D eigenvalue weighted by Gasteiger charge is 2.12. The fourth-order valence-corrected chi connectivity index (χ4v) is 4.53. The molecule has 182 valence electrons. The largest absolute Gasteiger partial charge is 0.492 e. The summed E-state index contributed by atoms with van der Waals surface area (Å²) in [6, 6.07) is 16.4. The summed E-state index contributed by atoms with van der Waals surface area (Å²) >= 11 is 0. The maximum Gasteiger partial charge on any atom is 0.126 e. The lowest BCUT2D eigenvalue weighted by Crippen LogP contribution is -2.44. The van der Waals surface area contributed by atoms with Crippen molar-refractivity contribution in [2.24, 2.45) is 0 Å². The van der Waals surface area contributed by atoms with E-state index in [-0.39, 0.29) is 0 Å². The molecule has 2 aromatic carbocycles. The van der Waals surface area contributed by atoms with E-state index in [1.54, 1.807) is 12.4 Å². The maximum absolute atomic E-state index is 9.78. The van der Waals surface area contributed by atoms with Crippen LogP contribution in [0.2, 0.25) is 0 Å². The van der Waals surface area contributed by atoms with E-state index in [1.165, 1.54) is 0 Å². The second-order valence-corrected chi connectivity index (χ2v) is 8.88. The molecule has 3 N–H and O–H groups in total. The predicted octanol–water partition coefficient (Wildman–Crippen LogP) is 4.94. The number of H-pyrrole nitrogens is 1. The number of piperazine rings is 1. The smallest absolute Gasteiger partial charge is 0.126 e. The highest BCUT2D eigenvalue weighted by atomic mass is 16.5. The third kappa shape index (κ3) is 5.25. The average molecular weight is 479 g/mol. The molecule has 0 unspecified atom stereocenters. The summed E-state index contributed by atoms with van der Waals surface area (Å²) in [5.74, 6) is 0.844. The van der Waals surface area contributed by atoms with Gasteiger partial charge < -0.3 is 20.4 Å². The third-order valence-corrected chi connectivity index (χ3v) is 6.60. The SMILES string of the molecule is Cc1c(Nc2c(C#N)cncc2C=Cc2ccccc2OCCN2CCNCC2)ccc2[nH]ccc12. The van der Waals surface area contributed by atoms with Gasteiger partial charge in [0.15, 0.2) is 0 Å². The molecular weight excluding hydrogens is 448 g/mol. The van der Waals surface area contributed by atoms with Crippen LogP contribution in [0.4, 0.5) is 11.4 Å². The molecule has 3 heterocycles. The molecule has 0 spiro atoms. The van der Waals surface area contributed by atoms with Gasteiger partial charge >= 0.3 is 0 Å². The first-order chi connectivity index (χ1) is 17.7. The fraction of sp³-hybridized carbons (Fsp3) is 0.241. The van der Waals surface area contributed by atoms with Crippen LogP contribution >= 0.6 is 0 Å². The minimum atomic E-state index is 0.492. The molecule has 1 saturated heterocycles. The number of nitrogens with one attached hydrogen (secondary N) is 3. The summed E-state index contributed by atoms with van der Waals surface area (Å²) in [4.78, 5) is 9.96. The molecule has 36 heavy (non-hydrogen) atoms. The molecule has 1 fully saturated rings. The van der Waals surface area contributed by atoms with Crippen LogP contribution in [0.3, 0.4) is 0 Å². The van der Waals surface area contributed by atoms with Gasteiger partial charge in [-0.2, -0.15) is 5.26 Å². The molecule has 0 atom stereocenters. The Kier molecular flexibility index (Phi) is 7.27. The van der Waals surface area contributed by atoms with Crippen molar-refractivity contribution in [1.82, 2.24) is 20.2 Å². The Hall–Kier alpha value is -4.12. The number of rotatable bonds is 8. The number of nitriles is 1. The number of aryl methyl sites for hydroxylation is 1. The number of aromatic amines is 1. The van der Waals surface area contributed by atoms with E-state index in [0.717, 1.165) is 77.4 Å². The van der Waals surface area contributed by atoms with Crippen LogP contribution in [0.25, 0.3) is 23.1 Å². The number of pyridine rings is 1. The molecule has 0 saturated carbocycles. The number of para-hydroxylation sites is 1. The van der Waals surface area contributed by atoms with Crippen LogP contribution in [0.1, 0.15) is 22.3 Å². The van der Waals surface area contributed by atoms with E-state index in [9.17, 15) is 5.26 Å². The number of nitrogens with zero attached hydrogens (tertiary/aromatic N) is 3. The zero-order valence-corrected chi connectivity index (χ0v) is 20.4. The van der Waals surface area contributed by atoms with Crippen molar-refractivity contribution in [2.75, 3.05) is 44.6 Å². The first-order valence-electron chi connectivity index (χ1n) is 12.3. The van der Waals surface area contributed by atoms with Gasteiger partial charge in [-0.3, -0.25) is 9.88 Å². The Bertz CT molecular complexity index is 1410. The molecule has 5 rings (SSSR count). The molecule has 1 aliphatic rings. The zero-order chi connectivity index (χ0) is 24.7.